The van der Waals surface area contributed by atoms with Gasteiger partial charge < -0.3 is 0 Å². The van der Waals surface area contributed by atoms with Gasteiger partial charge in [-0.1, -0.05) is 0 Å². The molecule has 0 N–H and O–H groups in total. The minimum atomic E-state index is -0.627. The molecule has 0 fully saturated rings. The number of hydrogen-bond acceptors (Lipinski definition) is 5. The Morgan fingerprint density at radius 3 is 2.78 bits per heavy atom. The molecule has 0 spiro atoms. The first-order valence-electron chi connectivity index (χ1n) is 4.79. The zero-order valence-electron chi connectivity index (χ0n) is 8.94. The molecule has 7 nitrogen and oxygen atoms in total. The Morgan fingerprint density at radius 2 is 2.17 bits per heavy atom. The lowest BCUT2D eigenvalue weighted by Crippen LogP contribution is -2.03. The van der Waals surface area contributed by atoms with E-state index in [4.69, 9.17) is 10.5 Å². The molecule has 0 aliphatic carbocycles. The fourth-order valence-corrected chi connectivity index (χ4v) is 1.48. The highest BCUT2D eigenvalue weighted by molar-refractivity contribution is 5.50. The maximum atomic E-state index is 10.6. The largest absolute Gasteiger partial charge is 0.291 e. The predicted octanol–water partition coefficient (Wildman–Crippen LogP) is 1.52. The third kappa shape index (κ3) is 1.77. The van der Waals surface area contributed by atoms with Gasteiger partial charge in [-0.3, -0.25) is 14.7 Å². The van der Waals surface area contributed by atoms with Crippen LogP contribution in [0.5, 0.6) is 0 Å². The number of nitriles is 2. The van der Waals surface area contributed by atoms with Gasteiger partial charge in [0, 0.05) is 12.3 Å². The van der Waals surface area contributed by atoms with Crippen molar-refractivity contribution in [3.8, 4) is 18.0 Å². The van der Waals surface area contributed by atoms with Crippen LogP contribution in [0.3, 0.4) is 0 Å². The molecular weight excluding hydrogens is 234 g/mol. The Kier molecular flexibility index (Phi) is 2.73. The highest BCUT2D eigenvalue weighted by atomic mass is 16.6. The van der Waals surface area contributed by atoms with Gasteiger partial charge in [0.25, 0.3) is 5.69 Å². The molecule has 2 heterocycles. The van der Waals surface area contributed by atoms with E-state index in [0.717, 1.165) is 12.3 Å². The lowest BCUT2D eigenvalue weighted by molar-refractivity contribution is -0.385. The molecule has 0 unspecified atom stereocenters. The number of nitro groups is 1. The van der Waals surface area contributed by atoms with Crippen molar-refractivity contribution in [2.45, 2.75) is 0 Å². The summed E-state index contributed by atoms with van der Waals surface area (Å²) in [4.78, 5) is 13.8. The number of hydrogen-bond donors (Lipinski definition) is 0. The first-order chi connectivity index (χ1) is 8.67. The summed E-state index contributed by atoms with van der Waals surface area (Å²) in [6.45, 7) is 0. The van der Waals surface area contributed by atoms with Crippen LogP contribution >= 0.6 is 0 Å². The predicted molar refractivity (Wildman–Crippen MR) is 59.6 cm³/mol. The van der Waals surface area contributed by atoms with Crippen LogP contribution in [0.4, 0.5) is 5.69 Å². The average molecular weight is 239 g/mol. The van der Waals surface area contributed by atoms with E-state index in [0.29, 0.717) is 5.69 Å². The van der Waals surface area contributed by atoms with E-state index >= 15 is 0 Å². The Balaban J connectivity index is 2.64. The van der Waals surface area contributed by atoms with Crippen LogP contribution in [0.2, 0.25) is 0 Å². The van der Waals surface area contributed by atoms with Gasteiger partial charge in [-0.2, -0.15) is 10.5 Å². The molecule has 2 aromatic rings. The summed E-state index contributed by atoms with van der Waals surface area (Å²) < 4.78 is 1.41. The third-order valence-corrected chi connectivity index (χ3v) is 2.28. The molecule has 2 rings (SSSR count). The van der Waals surface area contributed by atoms with Crippen LogP contribution in [0.15, 0.2) is 30.6 Å². The van der Waals surface area contributed by atoms with E-state index < -0.39 is 4.92 Å². The number of nitrogens with zero attached hydrogens (tertiary/aromatic N) is 5. The van der Waals surface area contributed by atoms with Crippen molar-refractivity contribution in [3.63, 3.8) is 0 Å². The minimum absolute atomic E-state index is 0.0388. The van der Waals surface area contributed by atoms with Gasteiger partial charge in [-0.15, -0.1) is 0 Å². The first-order valence-corrected chi connectivity index (χ1v) is 4.79. The minimum Gasteiger partial charge on any atom is -0.291 e. The van der Waals surface area contributed by atoms with Gasteiger partial charge in [0.05, 0.1) is 4.92 Å². The maximum Gasteiger partial charge on any atom is 0.289 e. The highest BCUT2D eigenvalue weighted by Gasteiger charge is 2.14. The molecule has 18 heavy (non-hydrogen) atoms. The van der Waals surface area contributed by atoms with Gasteiger partial charge in [0.2, 0.25) is 0 Å². The molecule has 0 saturated heterocycles. The summed E-state index contributed by atoms with van der Waals surface area (Å²) in [6.07, 6.45) is 2.62. The van der Waals surface area contributed by atoms with Crippen molar-refractivity contribution >= 4 is 5.69 Å². The maximum absolute atomic E-state index is 10.6. The average Bonchev–Trinajstić information content (AvgIpc) is 2.85. The van der Waals surface area contributed by atoms with Crippen LogP contribution in [0.1, 0.15) is 11.3 Å². The summed E-state index contributed by atoms with van der Waals surface area (Å²) in [5.41, 5.74) is 0.0747. The summed E-state index contributed by atoms with van der Waals surface area (Å²) >= 11 is 0. The SMILES string of the molecule is N#Cc1cc([N+](=O)[O-])cnc1-n1cccc1C#N. The van der Waals surface area contributed by atoms with Gasteiger partial charge >= 0.3 is 0 Å². The second-order valence-corrected chi connectivity index (χ2v) is 3.31. The summed E-state index contributed by atoms with van der Waals surface area (Å²) in [6, 6.07) is 8.09. The van der Waals surface area contributed by atoms with Crippen molar-refractivity contribution in [1.82, 2.24) is 9.55 Å². The van der Waals surface area contributed by atoms with E-state index in [-0.39, 0.29) is 17.1 Å². The van der Waals surface area contributed by atoms with Crippen LogP contribution in [-0.4, -0.2) is 14.5 Å². The van der Waals surface area contributed by atoms with E-state index in [1.54, 1.807) is 18.3 Å². The van der Waals surface area contributed by atoms with Crippen LogP contribution in [0.25, 0.3) is 5.82 Å². The van der Waals surface area contributed by atoms with Crippen molar-refractivity contribution in [2.24, 2.45) is 0 Å². The van der Waals surface area contributed by atoms with Crippen molar-refractivity contribution < 1.29 is 4.92 Å². The zero-order chi connectivity index (χ0) is 13.1. The van der Waals surface area contributed by atoms with E-state index in [1.165, 1.54) is 4.57 Å². The number of pyridine rings is 1. The smallest absolute Gasteiger partial charge is 0.289 e. The van der Waals surface area contributed by atoms with E-state index in [1.807, 2.05) is 12.1 Å². The van der Waals surface area contributed by atoms with Crippen LogP contribution in [-0.2, 0) is 0 Å². The molecule has 2 aromatic heterocycles. The van der Waals surface area contributed by atoms with E-state index in [9.17, 15) is 10.1 Å². The molecule has 0 amide bonds. The Labute approximate surface area is 101 Å². The second-order valence-electron chi connectivity index (χ2n) is 3.31. The standard InChI is InChI=1S/C11H5N5O2/c12-5-8-4-10(16(17)18)7-14-11(8)15-3-1-2-9(15)6-13/h1-4,7H. The molecule has 0 radical (unpaired) electrons. The lowest BCUT2D eigenvalue weighted by Gasteiger charge is -2.05. The van der Waals surface area contributed by atoms with Crippen LogP contribution in [0, 0.1) is 32.8 Å². The van der Waals surface area contributed by atoms with Crippen molar-refractivity contribution in [1.29, 1.82) is 10.5 Å². The van der Waals surface area contributed by atoms with E-state index in [2.05, 4.69) is 4.98 Å². The number of rotatable bonds is 2. The zero-order valence-corrected chi connectivity index (χ0v) is 8.94. The molecule has 0 aromatic carbocycles. The normalized spacial score (nSPS) is 9.44. The van der Waals surface area contributed by atoms with Gasteiger partial charge in [0.1, 0.15) is 29.6 Å². The van der Waals surface area contributed by atoms with Gasteiger partial charge in [0.15, 0.2) is 5.82 Å². The molecule has 0 aliphatic rings. The second kappa shape index (κ2) is 4.36. The first kappa shape index (κ1) is 11.3. The Hall–Kier alpha value is -3.19. The summed E-state index contributed by atoms with van der Waals surface area (Å²) in [7, 11) is 0. The molecule has 0 saturated carbocycles. The molecular formula is C11H5N5O2. The molecule has 0 atom stereocenters. The summed E-state index contributed by atoms with van der Waals surface area (Å²) in [5.74, 6) is 0.199. The quantitative estimate of drug-likeness (QED) is 0.583. The number of aromatic nitrogens is 2. The van der Waals surface area contributed by atoms with Crippen LogP contribution < -0.4 is 0 Å². The van der Waals surface area contributed by atoms with Crippen molar-refractivity contribution in [2.75, 3.05) is 0 Å². The molecule has 86 valence electrons. The third-order valence-electron chi connectivity index (χ3n) is 2.28. The molecule has 7 heteroatoms. The summed E-state index contributed by atoms with van der Waals surface area (Å²) in [5, 5.41) is 28.5. The highest BCUT2D eigenvalue weighted by Crippen LogP contribution is 2.19. The molecule has 0 bridgehead atoms. The fraction of sp³-hybridized carbons (Fsp3) is 0. The molecule has 0 aliphatic heterocycles. The topological polar surface area (TPSA) is 109 Å². The lowest BCUT2D eigenvalue weighted by atomic mass is 10.2. The van der Waals surface area contributed by atoms with Gasteiger partial charge in [-0.25, -0.2) is 4.98 Å². The van der Waals surface area contributed by atoms with Crippen molar-refractivity contribution in [3.05, 3.63) is 52.0 Å². The fourth-order valence-electron chi connectivity index (χ4n) is 1.48. The Morgan fingerprint density at radius 1 is 1.39 bits per heavy atom. The monoisotopic (exact) mass is 239 g/mol. The van der Waals surface area contributed by atoms with Gasteiger partial charge in [-0.05, 0) is 12.1 Å². The Bertz CT molecular complexity index is 705.